The molecule has 1 saturated heterocycles. The van der Waals surface area contributed by atoms with Crippen molar-refractivity contribution >= 4 is 23.4 Å². The SMILES string of the molecule is C=CC(=O)N1CC(C(=O)N2CCn3c(Cc4ccccc4Cl)nnc3C2)C1. The number of amides is 2. The first-order valence-electron chi connectivity index (χ1n) is 8.91. The molecule has 0 atom stereocenters. The number of carbonyl (C=O) groups is 2. The summed E-state index contributed by atoms with van der Waals surface area (Å²) in [5.41, 5.74) is 1.01. The van der Waals surface area contributed by atoms with Gasteiger partial charge in [0.2, 0.25) is 11.8 Å². The highest BCUT2D eigenvalue weighted by Crippen LogP contribution is 2.23. The van der Waals surface area contributed by atoms with E-state index in [2.05, 4.69) is 21.3 Å². The molecule has 0 radical (unpaired) electrons. The van der Waals surface area contributed by atoms with Crippen LogP contribution in [0.2, 0.25) is 5.02 Å². The second kappa shape index (κ2) is 7.15. The van der Waals surface area contributed by atoms with E-state index in [4.69, 9.17) is 11.6 Å². The van der Waals surface area contributed by atoms with E-state index >= 15 is 0 Å². The molecule has 140 valence electrons. The van der Waals surface area contributed by atoms with Crippen LogP contribution in [0.4, 0.5) is 0 Å². The van der Waals surface area contributed by atoms with E-state index in [0.29, 0.717) is 44.2 Å². The molecule has 2 aliphatic heterocycles. The van der Waals surface area contributed by atoms with Crippen molar-refractivity contribution in [2.75, 3.05) is 19.6 Å². The lowest BCUT2D eigenvalue weighted by atomic mass is 9.98. The van der Waals surface area contributed by atoms with Crippen LogP contribution < -0.4 is 0 Å². The third-order valence-corrected chi connectivity index (χ3v) is 5.53. The summed E-state index contributed by atoms with van der Waals surface area (Å²) in [6.45, 7) is 6.12. The predicted octanol–water partition coefficient (Wildman–Crippen LogP) is 1.51. The number of carbonyl (C=O) groups excluding carboxylic acids is 2. The number of rotatable bonds is 4. The van der Waals surface area contributed by atoms with E-state index in [9.17, 15) is 9.59 Å². The smallest absolute Gasteiger partial charge is 0.246 e. The molecule has 27 heavy (non-hydrogen) atoms. The van der Waals surface area contributed by atoms with Crippen LogP contribution in [-0.4, -0.2) is 56.0 Å². The number of fused-ring (bicyclic) bond motifs is 1. The predicted molar refractivity (Wildman–Crippen MR) is 100.0 cm³/mol. The molecule has 0 bridgehead atoms. The fraction of sp³-hybridized carbons (Fsp3) is 0.368. The van der Waals surface area contributed by atoms with Crippen LogP contribution in [0.15, 0.2) is 36.9 Å². The topological polar surface area (TPSA) is 71.3 Å². The van der Waals surface area contributed by atoms with Crippen LogP contribution in [0.3, 0.4) is 0 Å². The number of benzene rings is 1. The van der Waals surface area contributed by atoms with Crippen molar-refractivity contribution in [2.45, 2.75) is 19.5 Å². The summed E-state index contributed by atoms with van der Waals surface area (Å²) in [4.78, 5) is 27.6. The third-order valence-electron chi connectivity index (χ3n) is 5.16. The summed E-state index contributed by atoms with van der Waals surface area (Å²) in [7, 11) is 0. The highest BCUT2D eigenvalue weighted by molar-refractivity contribution is 6.31. The Morgan fingerprint density at radius 2 is 1.96 bits per heavy atom. The summed E-state index contributed by atoms with van der Waals surface area (Å²) in [5, 5.41) is 9.29. The molecular formula is C19H20ClN5O2. The molecule has 3 heterocycles. The standard InChI is InChI=1S/C19H20ClN5O2/c1-2-18(26)24-10-14(11-24)19(27)23-7-8-25-16(21-22-17(25)12-23)9-13-5-3-4-6-15(13)20/h2-6,14H,1,7-12H2. The molecular weight excluding hydrogens is 366 g/mol. The van der Waals surface area contributed by atoms with Gasteiger partial charge in [-0.1, -0.05) is 36.4 Å². The second-order valence-corrected chi connectivity index (χ2v) is 7.26. The molecule has 2 amide bonds. The van der Waals surface area contributed by atoms with Gasteiger partial charge in [0.05, 0.1) is 12.5 Å². The van der Waals surface area contributed by atoms with Crippen molar-refractivity contribution in [1.29, 1.82) is 0 Å². The van der Waals surface area contributed by atoms with Crippen molar-refractivity contribution in [1.82, 2.24) is 24.6 Å². The summed E-state index contributed by atoms with van der Waals surface area (Å²) in [6.07, 6.45) is 1.90. The number of hydrogen-bond acceptors (Lipinski definition) is 4. The average molecular weight is 386 g/mol. The van der Waals surface area contributed by atoms with Gasteiger partial charge in [0.15, 0.2) is 5.82 Å². The maximum Gasteiger partial charge on any atom is 0.246 e. The molecule has 2 aromatic rings. The molecule has 1 aromatic heterocycles. The van der Waals surface area contributed by atoms with Gasteiger partial charge in [-0.05, 0) is 17.7 Å². The van der Waals surface area contributed by atoms with E-state index in [1.165, 1.54) is 6.08 Å². The molecule has 4 rings (SSSR count). The largest absolute Gasteiger partial charge is 0.337 e. The fourth-order valence-corrected chi connectivity index (χ4v) is 3.75. The molecule has 1 aromatic carbocycles. The molecule has 0 unspecified atom stereocenters. The van der Waals surface area contributed by atoms with E-state index < -0.39 is 0 Å². The second-order valence-electron chi connectivity index (χ2n) is 6.86. The van der Waals surface area contributed by atoms with Gasteiger partial charge in [-0.2, -0.15) is 0 Å². The Kier molecular flexibility index (Phi) is 4.70. The molecule has 0 saturated carbocycles. The summed E-state index contributed by atoms with van der Waals surface area (Å²) >= 11 is 6.25. The Balaban J connectivity index is 1.41. The molecule has 7 nitrogen and oxygen atoms in total. The monoisotopic (exact) mass is 385 g/mol. The van der Waals surface area contributed by atoms with Crippen LogP contribution in [0.25, 0.3) is 0 Å². The Hall–Kier alpha value is -2.67. The maximum atomic E-state index is 12.7. The lowest BCUT2D eigenvalue weighted by Gasteiger charge is -2.40. The molecule has 2 aliphatic rings. The van der Waals surface area contributed by atoms with Crippen molar-refractivity contribution < 1.29 is 9.59 Å². The van der Waals surface area contributed by atoms with Gasteiger partial charge in [0.1, 0.15) is 5.82 Å². The first-order valence-corrected chi connectivity index (χ1v) is 9.29. The highest BCUT2D eigenvalue weighted by Gasteiger charge is 2.38. The number of hydrogen-bond donors (Lipinski definition) is 0. The van der Waals surface area contributed by atoms with Crippen molar-refractivity contribution in [2.24, 2.45) is 5.92 Å². The van der Waals surface area contributed by atoms with Crippen LogP contribution >= 0.6 is 11.6 Å². The van der Waals surface area contributed by atoms with Crippen LogP contribution in [-0.2, 0) is 29.1 Å². The quantitative estimate of drug-likeness (QED) is 0.748. The van der Waals surface area contributed by atoms with Crippen molar-refractivity contribution in [3.05, 3.63) is 59.2 Å². The third kappa shape index (κ3) is 3.35. The zero-order valence-corrected chi connectivity index (χ0v) is 15.6. The van der Waals surface area contributed by atoms with E-state index in [0.717, 1.165) is 17.2 Å². The molecule has 1 fully saturated rings. The molecule has 0 N–H and O–H groups in total. The summed E-state index contributed by atoms with van der Waals surface area (Å²) in [6, 6.07) is 7.70. The highest BCUT2D eigenvalue weighted by atomic mass is 35.5. The lowest BCUT2D eigenvalue weighted by molar-refractivity contribution is -0.147. The van der Waals surface area contributed by atoms with Gasteiger partial charge in [0, 0.05) is 37.6 Å². The first kappa shape index (κ1) is 17.7. The van der Waals surface area contributed by atoms with Gasteiger partial charge in [0.25, 0.3) is 0 Å². The summed E-state index contributed by atoms with van der Waals surface area (Å²) in [5.74, 6) is 1.46. The average Bonchev–Trinajstić information content (AvgIpc) is 3.04. The molecule has 8 heteroatoms. The Morgan fingerprint density at radius 1 is 1.19 bits per heavy atom. The van der Waals surface area contributed by atoms with Crippen molar-refractivity contribution in [3.63, 3.8) is 0 Å². The fourth-order valence-electron chi connectivity index (χ4n) is 3.55. The Morgan fingerprint density at radius 3 is 2.70 bits per heavy atom. The van der Waals surface area contributed by atoms with Gasteiger partial charge in [-0.25, -0.2) is 0 Å². The zero-order valence-electron chi connectivity index (χ0n) is 14.8. The van der Waals surface area contributed by atoms with Crippen LogP contribution in [0, 0.1) is 5.92 Å². The van der Waals surface area contributed by atoms with Crippen molar-refractivity contribution in [3.8, 4) is 0 Å². The van der Waals surface area contributed by atoms with E-state index in [1.54, 1.807) is 4.90 Å². The Labute approximate surface area is 162 Å². The zero-order chi connectivity index (χ0) is 19.0. The minimum atomic E-state index is -0.133. The number of nitrogens with zero attached hydrogens (tertiary/aromatic N) is 5. The van der Waals surface area contributed by atoms with E-state index in [1.807, 2.05) is 29.2 Å². The Bertz CT molecular complexity index is 903. The number of aromatic nitrogens is 3. The van der Waals surface area contributed by atoms with Crippen LogP contribution in [0.5, 0.6) is 0 Å². The van der Waals surface area contributed by atoms with Crippen LogP contribution in [0.1, 0.15) is 17.2 Å². The molecule has 0 spiro atoms. The minimum absolute atomic E-state index is 0.0741. The number of likely N-dealkylation sites (tertiary alicyclic amines) is 1. The first-order chi connectivity index (χ1) is 13.1. The summed E-state index contributed by atoms with van der Waals surface area (Å²) < 4.78 is 2.07. The minimum Gasteiger partial charge on any atom is -0.337 e. The van der Waals surface area contributed by atoms with Gasteiger partial charge in [-0.15, -0.1) is 10.2 Å². The van der Waals surface area contributed by atoms with E-state index in [-0.39, 0.29) is 17.7 Å². The lowest BCUT2D eigenvalue weighted by Crippen LogP contribution is -2.56. The number of halogens is 1. The normalized spacial score (nSPS) is 16.6. The maximum absolute atomic E-state index is 12.7. The van der Waals surface area contributed by atoms with Gasteiger partial charge >= 0.3 is 0 Å². The van der Waals surface area contributed by atoms with Gasteiger partial charge in [-0.3, -0.25) is 9.59 Å². The van der Waals surface area contributed by atoms with Gasteiger partial charge < -0.3 is 14.4 Å². The molecule has 0 aliphatic carbocycles.